The summed E-state index contributed by atoms with van der Waals surface area (Å²) in [5.41, 5.74) is 0.773. The molecule has 22 heavy (non-hydrogen) atoms. The molecule has 1 fully saturated rings. The summed E-state index contributed by atoms with van der Waals surface area (Å²) in [7, 11) is 0. The summed E-state index contributed by atoms with van der Waals surface area (Å²) in [5, 5.41) is 3.98. The third kappa shape index (κ3) is 5.97. The van der Waals surface area contributed by atoms with E-state index in [9.17, 15) is 4.79 Å². The predicted molar refractivity (Wildman–Crippen MR) is 90.4 cm³/mol. The van der Waals surface area contributed by atoms with E-state index in [-0.39, 0.29) is 5.91 Å². The molecule has 0 atom stereocenters. The lowest BCUT2D eigenvalue weighted by molar-refractivity contribution is -0.116. The summed E-state index contributed by atoms with van der Waals surface area (Å²) in [5.74, 6) is -0.118. The van der Waals surface area contributed by atoms with Gasteiger partial charge in [-0.1, -0.05) is 29.3 Å². The van der Waals surface area contributed by atoms with Gasteiger partial charge in [0.25, 0.3) is 0 Å². The molecule has 2 rings (SSSR count). The molecule has 0 aromatic heterocycles. The van der Waals surface area contributed by atoms with Crippen molar-refractivity contribution in [2.45, 2.75) is 6.42 Å². The van der Waals surface area contributed by atoms with Gasteiger partial charge >= 0.3 is 0 Å². The maximum absolute atomic E-state index is 11.7. The molecule has 1 aliphatic rings. The molecule has 0 bridgehead atoms. The average Bonchev–Trinajstić information content (AvgIpc) is 2.52. The fourth-order valence-electron chi connectivity index (χ4n) is 2.20. The van der Waals surface area contributed by atoms with Crippen LogP contribution in [0, 0.1) is 0 Å². The van der Waals surface area contributed by atoms with Crippen LogP contribution in [-0.2, 0) is 9.53 Å². The van der Waals surface area contributed by atoms with Crippen molar-refractivity contribution in [3.63, 3.8) is 0 Å². The molecule has 0 spiro atoms. The molecule has 6 heteroatoms. The minimum atomic E-state index is -0.118. The Bertz CT molecular complexity index is 529. The summed E-state index contributed by atoms with van der Waals surface area (Å²) in [4.78, 5) is 14.1. The number of benzene rings is 1. The quantitative estimate of drug-likeness (QED) is 0.638. The van der Waals surface area contributed by atoms with Crippen LogP contribution in [0.4, 0.5) is 0 Å². The van der Waals surface area contributed by atoms with Gasteiger partial charge in [-0.15, -0.1) is 0 Å². The van der Waals surface area contributed by atoms with E-state index in [1.165, 1.54) is 6.08 Å². The summed E-state index contributed by atoms with van der Waals surface area (Å²) < 4.78 is 5.30. The number of carbonyl (C=O) groups excluding carboxylic acids is 1. The van der Waals surface area contributed by atoms with E-state index >= 15 is 0 Å². The normalized spacial score (nSPS) is 16.1. The van der Waals surface area contributed by atoms with Crippen molar-refractivity contribution in [1.29, 1.82) is 0 Å². The topological polar surface area (TPSA) is 41.6 Å². The monoisotopic (exact) mass is 342 g/mol. The van der Waals surface area contributed by atoms with Gasteiger partial charge in [-0.25, -0.2) is 0 Å². The van der Waals surface area contributed by atoms with Gasteiger partial charge in [-0.05, 0) is 36.7 Å². The van der Waals surface area contributed by atoms with E-state index in [4.69, 9.17) is 27.9 Å². The molecular formula is C16H20Cl2N2O2. The SMILES string of the molecule is O=C(C=Cc1ccc(Cl)cc1Cl)NCCCN1CCOCC1. The number of nitrogens with zero attached hydrogens (tertiary/aromatic N) is 1. The number of nitrogens with one attached hydrogen (secondary N) is 1. The molecule has 1 aromatic carbocycles. The molecule has 1 heterocycles. The fraction of sp³-hybridized carbons (Fsp3) is 0.438. The van der Waals surface area contributed by atoms with Gasteiger partial charge in [0, 0.05) is 35.8 Å². The van der Waals surface area contributed by atoms with E-state index in [0.717, 1.165) is 44.8 Å². The lowest BCUT2D eigenvalue weighted by Crippen LogP contribution is -2.38. The zero-order valence-electron chi connectivity index (χ0n) is 12.4. The Hall–Kier alpha value is -1.07. The number of hydrogen-bond donors (Lipinski definition) is 1. The van der Waals surface area contributed by atoms with Crippen molar-refractivity contribution in [3.8, 4) is 0 Å². The predicted octanol–water partition coefficient (Wildman–Crippen LogP) is 2.85. The Kier molecular flexibility index (Phi) is 7.19. The second kappa shape index (κ2) is 9.16. The van der Waals surface area contributed by atoms with E-state index in [0.29, 0.717) is 16.6 Å². The van der Waals surface area contributed by atoms with Crippen LogP contribution >= 0.6 is 23.2 Å². The standard InChI is InChI=1S/C16H20Cl2N2O2/c17-14-4-2-13(15(18)12-14)3-5-16(21)19-6-1-7-20-8-10-22-11-9-20/h2-5,12H,1,6-11H2,(H,19,21). The van der Waals surface area contributed by atoms with Crippen molar-refractivity contribution in [2.24, 2.45) is 0 Å². The van der Waals surface area contributed by atoms with E-state index < -0.39 is 0 Å². The Morgan fingerprint density at radius 2 is 2.09 bits per heavy atom. The molecule has 1 N–H and O–H groups in total. The van der Waals surface area contributed by atoms with Crippen LogP contribution in [0.2, 0.25) is 10.0 Å². The molecule has 0 saturated carbocycles. The van der Waals surface area contributed by atoms with Crippen LogP contribution in [0.3, 0.4) is 0 Å². The number of morpholine rings is 1. The summed E-state index contributed by atoms with van der Waals surface area (Å²) >= 11 is 11.9. The maximum atomic E-state index is 11.7. The molecular weight excluding hydrogens is 323 g/mol. The van der Waals surface area contributed by atoms with Gasteiger partial charge in [0.2, 0.25) is 5.91 Å². The van der Waals surface area contributed by atoms with Gasteiger partial charge in [0.15, 0.2) is 0 Å². The Morgan fingerprint density at radius 3 is 2.82 bits per heavy atom. The van der Waals surface area contributed by atoms with Crippen molar-refractivity contribution in [3.05, 3.63) is 39.9 Å². The van der Waals surface area contributed by atoms with Crippen LogP contribution in [-0.4, -0.2) is 50.2 Å². The molecule has 1 saturated heterocycles. The molecule has 1 aromatic rings. The van der Waals surface area contributed by atoms with E-state index in [1.807, 2.05) is 0 Å². The van der Waals surface area contributed by atoms with Crippen LogP contribution in [0.5, 0.6) is 0 Å². The average molecular weight is 343 g/mol. The van der Waals surface area contributed by atoms with Gasteiger partial charge in [-0.3, -0.25) is 9.69 Å². The first-order chi connectivity index (χ1) is 10.6. The smallest absolute Gasteiger partial charge is 0.244 e. The van der Waals surface area contributed by atoms with Gasteiger partial charge < -0.3 is 10.1 Å². The van der Waals surface area contributed by atoms with Gasteiger partial charge in [-0.2, -0.15) is 0 Å². The fourth-order valence-corrected chi connectivity index (χ4v) is 2.67. The van der Waals surface area contributed by atoms with Crippen molar-refractivity contribution in [1.82, 2.24) is 10.2 Å². The number of hydrogen-bond acceptors (Lipinski definition) is 3. The molecule has 0 unspecified atom stereocenters. The van der Waals surface area contributed by atoms with E-state index in [2.05, 4.69) is 10.2 Å². The zero-order chi connectivity index (χ0) is 15.8. The first-order valence-corrected chi connectivity index (χ1v) is 8.12. The largest absolute Gasteiger partial charge is 0.379 e. The first-order valence-electron chi connectivity index (χ1n) is 7.36. The number of halogens is 2. The summed E-state index contributed by atoms with van der Waals surface area (Å²) in [6.45, 7) is 5.20. The van der Waals surface area contributed by atoms with Gasteiger partial charge in [0.1, 0.15) is 0 Å². The number of amides is 1. The van der Waals surface area contributed by atoms with Crippen LogP contribution in [0.15, 0.2) is 24.3 Å². The van der Waals surface area contributed by atoms with Crippen molar-refractivity contribution in [2.75, 3.05) is 39.4 Å². The second-order valence-electron chi connectivity index (χ2n) is 5.10. The summed E-state index contributed by atoms with van der Waals surface area (Å²) in [6.07, 6.45) is 4.11. The highest BCUT2D eigenvalue weighted by molar-refractivity contribution is 6.35. The minimum absolute atomic E-state index is 0.118. The van der Waals surface area contributed by atoms with Gasteiger partial charge in [0.05, 0.1) is 13.2 Å². The summed E-state index contributed by atoms with van der Waals surface area (Å²) in [6, 6.07) is 5.18. The lowest BCUT2D eigenvalue weighted by Gasteiger charge is -2.26. The number of carbonyl (C=O) groups is 1. The highest BCUT2D eigenvalue weighted by atomic mass is 35.5. The molecule has 1 aliphatic heterocycles. The molecule has 0 radical (unpaired) electrons. The third-order valence-corrected chi connectivity index (χ3v) is 3.99. The molecule has 120 valence electrons. The molecule has 1 amide bonds. The first kappa shape index (κ1) is 17.3. The minimum Gasteiger partial charge on any atom is -0.379 e. The Morgan fingerprint density at radius 1 is 1.32 bits per heavy atom. The zero-order valence-corrected chi connectivity index (χ0v) is 13.9. The van der Waals surface area contributed by atoms with Crippen LogP contribution < -0.4 is 5.32 Å². The molecule has 0 aliphatic carbocycles. The highest BCUT2D eigenvalue weighted by Gasteiger charge is 2.09. The Balaban J connectivity index is 1.67. The highest BCUT2D eigenvalue weighted by Crippen LogP contribution is 2.21. The maximum Gasteiger partial charge on any atom is 0.244 e. The number of ether oxygens (including phenoxy) is 1. The van der Waals surface area contributed by atoms with E-state index in [1.54, 1.807) is 24.3 Å². The van der Waals surface area contributed by atoms with Crippen molar-refractivity contribution < 1.29 is 9.53 Å². The number of rotatable bonds is 6. The Labute approximate surface area is 141 Å². The third-order valence-electron chi connectivity index (χ3n) is 3.43. The van der Waals surface area contributed by atoms with Crippen molar-refractivity contribution >= 4 is 35.2 Å². The molecule has 4 nitrogen and oxygen atoms in total. The lowest BCUT2D eigenvalue weighted by atomic mass is 10.2. The second-order valence-corrected chi connectivity index (χ2v) is 5.94. The van der Waals surface area contributed by atoms with Crippen LogP contribution in [0.25, 0.3) is 6.08 Å². The van der Waals surface area contributed by atoms with Crippen LogP contribution in [0.1, 0.15) is 12.0 Å².